The van der Waals surface area contributed by atoms with Crippen molar-refractivity contribution in [3.63, 3.8) is 0 Å². The molecular weight excluding hydrogens is 222 g/mol. The highest BCUT2D eigenvalue weighted by Crippen LogP contribution is 2.07. The van der Waals surface area contributed by atoms with Crippen LogP contribution in [0.3, 0.4) is 0 Å². The van der Waals surface area contributed by atoms with Crippen LogP contribution in [0.15, 0.2) is 18.3 Å². The molecule has 2 aromatic heterocycles. The number of amides is 1. The Balaban J connectivity index is 2.26. The first-order valence-corrected chi connectivity index (χ1v) is 4.93. The molecule has 0 atom stereocenters. The Hall–Kier alpha value is -2.62. The van der Waals surface area contributed by atoms with Crippen LogP contribution in [0.4, 0.5) is 10.7 Å². The number of nitrogens with zero attached hydrogens (tertiary/aromatic N) is 4. The van der Waals surface area contributed by atoms with Crippen molar-refractivity contribution in [2.24, 2.45) is 0 Å². The van der Waals surface area contributed by atoms with Gasteiger partial charge in [0.25, 0.3) is 5.95 Å². The summed E-state index contributed by atoms with van der Waals surface area (Å²) >= 11 is 0. The van der Waals surface area contributed by atoms with Gasteiger partial charge < -0.3 is 4.74 Å². The minimum absolute atomic E-state index is 0.138. The molecule has 0 aliphatic carbocycles. The molecule has 2 heterocycles. The van der Waals surface area contributed by atoms with E-state index in [2.05, 4.69) is 15.4 Å². The SMILES string of the molecule is CCOC(=O)Nc1nc2ccc(C#N)cn2n1. The van der Waals surface area contributed by atoms with Gasteiger partial charge in [-0.2, -0.15) is 10.2 Å². The van der Waals surface area contributed by atoms with E-state index in [0.717, 1.165) is 0 Å². The Morgan fingerprint density at radius 1 is 1.65 bits per heavy atom. The van der Waals surface area contributed by atoms with E-state index < -0.39 is 6.09 Å². The maximum absolute atomic E-state index is 11.1. The molecule has 0 radical (unpaired) electrons. The number of aromatic nitrogens is 3. The highest BCUT2D eigenvalue weighted by Gasteiger charge is 2.08. The molecule has 0 saturated carbocycles. The van der Waals surface area contributed by atoms with Crippen molar-refractivity contribution in [3.05, 3.63) is 23.9 Å². The summed E-state index contributed by atoms with van der Waals surface area (Å²) in [5.41, 5.74) is 1.00. The number of hydrogen-bond donors (Lipinski definition) is 1. The molecule has 1 amide bonds. The van der Waals surface area contributed by atoms with Gasteiger partial charge in [-0.3, -0.25) is 5.32 Å². The maximum Gasteiger partial charge on any atom is 0.414 e. The van der Waals surface area contributed by atoms with Crippen LogP contribution in [0.2, 0.25) is 0 Å². The van der Waals surface area contributed by atoms with Crippen LogP contribution in [0.5, 0.6) is 0 Å². The van der Waals surface area contributed by atoms with Crippen LogP contribution in [-0.2, 0) is 4.74 Å². The third-order valence-corrected chi connectivity index (χ3v) is 1.95. The third-order valence-electron chi connectivity index (χ3n) is 1.95. The zero-order valence-electron chi connectivity index (χ0n) is 9.04. The van der Waals surface area contributed by atoms with Crippen molar-refractivity contribution in [2.45, 2.75) is 6.92 Å². The highest BCUT2D eigenvalue weighted by molar-refractivity contribution is 5.82. The van der Waals surface area contributed by atoms with E-state index >= 15 is 0 Å². The van der Waals surface area contributed by atoms with E-state index in [1.54, 1.807) is 19.1 Å². The summed E-state index contributed by atoms with van der Waals surface area (Å²) in [4.78, 5) is 15.2. The number of nitrogens with one attached hydrogen (secondary N) is 1. The number of carbonyl (C=O) groups excluding carboxylic acids is 1. The van der Waals surface area contributed by atoms with E-state index in [1.807, 2.05) is 6.07 Å². The van der Waals surface area contributed by atoms with Crippen molar-refractivity contribution in [2.75, 3.05) is 11.9 Å². The molecule has 17 heavy (non-hydrogen) atoms. The molecule has 7 heteroatoms. The minimum Gasteiger partial charge on any atom is -0.450 e. The first kappa shape index (κ1) is 10.9. The van der Waals surface area contributed by atoms with Gasteiger partial charge in [0, 0.05) is 6.20 Å². The molecule has 0 unspecified atom stereocenters. The predicted octanol–water partition coefficient (Wildman–Crippen LogP) is 1.17. The van der Waals surface area contributed by atoms with Gasteiger partial charge in [-0.25, -0.2) is 9.31 Å². The standard InChI is InChI=1S/C10H9N5O2/c1-2-17-10(16)13-9-12-8-4-3-7(5-11)6-15(8)14-9/h3-4,6H,2H2,1H3,(H,13,14,16). The summed E-state index contributed by atoms with van der Waals surface area (Å²) in [7, 11) is 0. The zero-order chi connectivity index (χ0) is 12.3. The average Bonchev–Trinajstić information content (AvgIpc) is 2.69. The Morgan fingerprint density at radius 3 is 3.18 bits per heavy atom. The quantitative estimate of drug-likeness (QED) is 0.837. The second kappa shape index (κ2) is 4.49. The second-order valence-corrected chi connectivity index (χ2v) is 3.11. The lowest BCUT2D eigenvalue weighted by Gasteiger charge is -1.98. The van der Waals surface area contributed by atoms with Crippen LogP contribution < -0.4 is 5.32 Å². The Labute approximate surface area is 96.6 Å². The Kier molecular flexibility index (Phi) is 2.87. The van der Waals surface area contributed by atoms with Crippen LogP contribution >= 0.6 is 0 Å². The van der Waals surface area contributed by atoms with Crippen molar-refractivity contribution >= 4 is 17.7 Å². The van der Waals surface area contributed by atoms with Gasteiger partial charge in [0.15, 0.2) is 5.65 Å². The van der Waals surface area contributed by atoms with Gasteiger partial charge in [0.05, 0.1) is 12.2 Å². The van der Waals surface area contributed by atoms with Crippen LogP contribution in [0.1, 0.15) is 12.5 Å². The number of carbonyl (C=O) groups is 1. The summed E-state index contributed by atoms with van der Waals surface area (Å²) in [6, 6.07) is 5.25. The van der Waals surface area contributed by atoms with Crippen LogP contribution in [0.25, 0.3) is 5.65 Å². The molecule has 0 saturated heterocycles. The number of hydrogen-bond acceptors (Lipinski definition) is 5. The van der Waals surface area contributed by atoms with E-state index in [-0.39, 0.29) is 12.6 Å². The molecule has 0 aliphatic rings. The molecule has 0 spiro atoms. The predicted molar refractivity (Wildman–Crippen MR) is 58.3 cm³/mol. The smallest absolute Gasteiger partial charge is 0.414 e. The van der Waals surface area contributed by atoms with Gasteiger partial charge in [0.2, 0.25) is 0 Å². The fourth-order valence-electron chi connectivity index (χ4n) is 1.26. The van der Waals surface area contributed by atoms with Crippen LogP contribution in [0, 0.1) is 11.3 Å². The lowest BCUT2D eigenvalue weighted by Crippen LogP contribution is -2.14. The van der Waals surface area contributed by atoms with Gasteiger partial charge in [-0.05, 0) is 19.1 Å². The molecule has 86 valence electrons. The van der Waals surface area contributed by atoms with Crippen molar-refractivity contribution in [1.82, 2.24) is 14.6 Å². The van der Waals surface area contributed by atoms with Crippen molar-refractivity contribution < 1.29 is 9.53 Å². The van der Waals surface area contributed by atoms with E-state index in [4.69, 9.17) is 10.00 Å². The largest absolute Gasteiger partial charge is 0.450 e. The highest BCUT2D eigenvalue weighted by atomic mass is 16.5. The molecule has 0 fully saturated rings. The summed E-state index contributed by atoms with van der Waals surface area (Å²) in [6.45, 7) is 1.98. The minimum atomic E-state index is -0.607. The molecular formula is C10H9N5O2. The van der Waals surface area contributed by atoms with Gasteiger partial charge in [-0.15, -0.1) is 5.10 Å². The van der Waals surface area contributed by atoms with Crippen LogP contribution in [-0.4, -0.2) is 27.3 Å². The number of nitriles is 1. The second-order valence-electron chi connectivity index (χ2n) is 3.11. The fraction of sp³-hybridized carbons (Fsp3) is 0.200. The summed E-state index contributed by atoms with van der Waals surface area (Å²) in [5, 5.41) is 15.1. The maximum atomic E-state index is 11.1. The van der Waals surface area contributed by atoms with Crippen molar-refractivity contribution in [3.8, 4) is 6.07 Å². The van der Waals surface area contributed by atoms with Gasteiger partial charge in [0.1, 0.15) is 6.07 Å². The lowest BCUT2D eigenvalue weighted by molar-refractivity contribution is 0.167. The summed E-state index contributed by atoms with van der Waals surface area (Å²) in [5.74, 6) is 0.138. The molecule has 0 aliphatic heterocycles. The third kappa shape index (κ3) is 2.31. The zero-order valence-corrected chi connectivity index (χ0v) is 9.04. The molecule has 1 N–H and O–H groups in total. The first-order valence-electron chi connectivity index (χ1n) is 4.93. The molecule has 2 aromatic rings. The van der Waals surface area contributed by atoms with Gasteiger partial charge in [-0.1, -0.05) is 0 Å². The monoisotopic (exact) mass is 231 g/mol. The Morgan fingerprint density at radius 2 is 2.47 bits per heavy atom. The van der Waals surface area contributed by atoms with Gasteiger partial charge >= 0.3 is 6.09 Å². The first-order chi connectivity index (χ1) is 8.22. The average molecular weight is 231 g/mol. The fourth-order valence-corrected chi connectivity index (χ4v) is 1.26. The van der Waals surface area contributed by atoms with E-state index in [9.17, 15) is 4.79 Å². The van der Waals surface area contributed by atoms with E-state index in [1.165, 1.54) is 10.7 Å². The summed E-state index contributed by atoms with van der Waals surface area (Å²) < 4.78 is 6.11. The van der Waals surface area contributed by atoms with E-state index in [0.29, 0.717) is 11.2 Å². The number of ether oxygens (including phenoxy) is 1. The Bertz CT molecular complexity index is 598. The number of fused-ring (bicyclic) bond motifs is 1. The topological polar surface area (TPSA) is 92.3 Å². The molecule has 2 rings (SSSR count). The summed E-state index contributed by atoms with van der Waals surface area (Å²) in [6.07, 6.45) is 0.919. The molecule has 0 aromatic carbocycles. The number of rotatable bonds is 2. The normalized spacial score (nSPS) is 9.88. The number of pyridine rings is 1. The lowest BCUT2D eigenvalue weighted by atomic mass is 10.3. The van der Waals surface area contributed by atoms with Crippen molar-refractivity contribution in [1.29, 1.82) is 5.26 Å². The molecule has 0 bridgehead atoms. The number of anilines is 1. The molecule has 7 nitrogen and oxygen atoms in total.